The number of para-hydroxylation sites is 1. The number of carbonyl (C=O) groups excluding carboxylic acids is 2. The molecule has 0 unspecified atom stereocenters. The number of likely N-dealkylation sites (tertiary alicyclic amines) is 1. The molecule has 2 aromatic carbocycles. The normalized spacial score (nSPS) is 14.4. The Morgan fingerprint density at radius 1 is 1.14 bits per heavy atom. The highest BCUT2D eigenvalue weighted by Crippen LogP contribution is 2.25. The van der Waals surface area contributed by atoms with E-state index in [9.17, 15) is 9.59 Å². The van der Waals surface area contributed by atoms with Gasteiger partial charge in [-0.1, -0.05) is 29.8 Å². The Kier molecular flexibility index (Phi) is 6.76. The van der Waals surface area contributed by atoms with Crippen molar-refractivity contribution in [2.24, 2.45) is 5.92 Å². The van der Waals surface area contributed by atoms with E-state index in [4.69, 9.17) is 21.1 Å². The quantitative estimate of drug-likeness (QED) is 0.755. The largest absolute Gasteiger partial charge is 0.496 e. The molecule has 0 radical (unpaired) electrons. The first-order chi connectivity index (χ1) is 13.6. The number of ether oxygens (including phenoxy) is 2. The van der Waals surface area contributed by atoms with Crippen LogP contribution >= 0.6 is 11.6 Å². The van der Waals surface area contributed by atoms with Crippen LogP contribution in [0.25, 0.3) is 0 Å². The first-order valence-electron chi connectivity index (χ1n) is 9.17. The zero-order valence-electron chi connectivity index (χ0n) is 15.7. The van der Waals surface area contributed by atoms with Crippen LogP contribution < -0.4 is 10.1 Å². The first kappa shape index (κ1) is 20.0. The van der Waals surface area contributed by atoms with Gasteiger partial charge in [0.1, 0.15) is 12.4 Å². The van der Waals surface area contributed by atoms with Gasteiger partial charge in [-0.2, -0.15) is 0 Å². The van der Waals surface area contributed by atoms with Gasteiger partial charge in [-0.05, 0) is 43.2 Å². The van der Waals surface area contributed by atoms with E-state index in [0.717, 1.165) is 11.3 Å². The van der Waals surface area contributed by atoms with Crippen molar-refractivity contribution in [3.63, 3.8) is 0 Å². The molecule has 1 aliphatic rings. The lowest BCUT2D eigenvalue weighted by Crippen LogP contribution is -2.42. The predicted octanol–water partition coefficient (Wildman–Crippen LogP) is 4.34. The number of amides is 2. The van der Waals surface area contributed by atoms with Gasteiger partial charge >= 0.3 is 12.0 Å². The Labute approximate surface area is 169 Å². The maximum absolute atomic E-state index is 12.4. The zero-order chi connectivity index (χ0) is 19.9. The molecular formula is C21H23ClN2O4. The summed E-state index contributed by atoms with van der Waals surface area (Å²) in [4.78, 5) is 26.5. The summed E-state index contributed by atoms with van der Waals surface area (Å²) in [5.41, 5.74) is 1.48. The predicted molar refractivity (Wildman–Crippen MR) is 108 cm³/mol. The molecule has 0 aliphatic carbocycles. The molecule has 7 heteroatoms. The molecule has 148 valence electrons. The van der Waals surface area contributed by atoms with Crippen LogP contribution in [0, 0.1) is 5.92 Å². The number of hydrogen-bond acceptors (Lipinski definition) is 4. The minimum atomic E-state index is -0.259. The fraction of sp³-hybridized carbons (Fsp3) is 0.333. The number of piperidine rings is 1. The third kappa shape index (κ3) is 5.16. The van der Waals surface area contributed by atoms with Gasteiger partial charge in [-0.3, -0.25) is 4.79 Å². The molecule has 1 N–H and O–H groups in total. The lowest BCUT2D eigenvalue weighted by Gasteiger charge is -2.31. The topological polar surface area (TPSA) is 67.9 Å². The number of halogens is 1. The van der Waals surface area contributed by atoms with Gasteiger partial charge in [-0.15, -0.1) is 0 Å². The smallest absolute Gasteiger partial charge is 0.321 e. The number of benzene rings is 2. The van der Waals surface area contributed by atoms with Crippen molar-refractivity contribution >= 4 is 29.3 Å². The number of esters is 1. The van der Waals surface area contributed by atoms with Crippen molar-refractivity contribution in [1.29, 1.82) is 0 Å². The second-order valence-corrected chi connectivity index (χ2v) is 7.06. The van der Waals surface area contributed by atoms with Crippen molar-refractivity contribution in [3.05, 3.63) is 59.1 Å². The van der Waals surface area contributed by atoms with E-state index in [1.54, 1.807) is 30.2 Å². The lowest BCUT2D eigenvalue weighted by atomic mass is 9.97. The average molecular weight is 403 g/mol. The molecule has 1 aliphatic heterocycles. The van der Waals surface area contributed by atoms with Crippen molar-refractivity contribution in [1.82, 2.24) is 4.90 Å². The highest BCUT2D eigenvalue weighted by atomic mass is 35.5. The van der Waals surface area contributed by atoms with Crippen LogP contribution in [0.1, 0.15) is 18.4 Å². The molecule has 1 fully saturated rings. The monoisotopic (exact) mass is 402 g/mol. The average Bonchev–Trinajstić information content (AvgIpc) is 2.73. The Balaban J connectivity index is 1.47. The van der Waals surface area contributed by atoms with Crippen molar-refractivity contribution in [3.8, 4) is 5.75 Å². The Bertz CT molecular complexity index is 820. The number of carbonyl (C=O) groups is 2. The van der Waals surface area contributed by atoms with E-state index in [0.29, 0.717) is 36.7 Å². The fourth-order valence-electron chi connectivity index (χ4n) is 3.17. The molecule has 0 atom stereocenters. The standard InChI is InChI=1S/C21H23ClN2O4/c1-27-19-8-7-17(22)13-16(19)14-28-20(25)15-9-11-24(12-10-15)21(26)23-18-5-3-2-4-6-18/h2-8,13,15H,9-12,14H2,1H3,(H,23,26). The highest BCUT2D eigenvalue weighted by molar-refractivity contribution is 6.30. The van der Waals surface area contributed by atoms with Crippen LogP contribution in [0.3, 0.4) is 0 Å². The van der Waals surface area contributed by atoms with Gasteiger partial charge in [0.2, 0.25) is 0 Å². The molecule has 0 aromatic heterocycles. The molecule has 0 bridgehead atoms. The van der Waals surface area contributed by atoms with Crippen molar-refractivity contribution < 1.29 is 19.1 Å². The van der Waals surface area contributed by atoms with Crippen LogP contribution in [0.15, 0.2) is 48.5 Å². The van der Waals surface area contributed by atoms with Gasteiger partial charge in [0.05, 0.1) is 13.0 Å². The molecule has 2 aromatic rings. The molecule has 3 rings (SSSR count). The van der Waals surface area contributed by atoms with Crippen LogP contribution in [0.5, 0.6) is 5.75 Å². The number of hydrogen-bond donors (Lipinski definition) is 1. The maximum Gasteiger partial charge on any atom is 0.321 e. The fourth-order valence-corrected chi connectivity index (χ4v) is 3.36. The molecule has 0 saturated carbocycles. The summed E-state index contributed by atoms with van der Waals surface area (Å²) in [5, 5.41) is 3.42. The summed E-state index contributed by atoms with van der Waals surface area (Å²) in [5.74, 6) is 0.153. The van der Waals surface area contributed by atoms with E-state index in [2.05, 4.69) is 5.32 Å². The maximum atomic E-state index is 12.4. The van der Waals surface area contributed by atoms with Crippen LogP contribution in [-0.4, -0.2) is 37.1 Å². The van der Waals surface area contributed by atoms with E-state index >= 15 is 0 Å². The number of urea groups is 1. The molecule has 0 spiro atoms. The molecule has 1 heterocycles. The number of methoxy groups -OCH3 is 1. The molecule has 28 heavy (non-hydrogen) atoms. The first-order valence-corrected chi connectivity index (χ1v) is 9.54. The Morgan fingerprint density at radius 3 is 2.54 bits per heavy atom. The van der Waals surface area contributed by atoms with E-state index in [1.165, 1.54) is 0 Å². The van der Waals surface area contributed by atoms with E-state index in [-0.39, 0.29) is 24.5 Å². The lowest BCUT2D eigenvalue weighted by molar-refractivity contribution is -0.151. The zero-order valence-corrected chi connectivity index (χ0v) is 16.4. The van der Waals surface area contributed by atoms with Gasteiger partial charge in [0.25, 0.3) is 0 Å². The van der Waals surface area contributed by atoms with Crippen molar-refractivity contribution in [2.75, 3.05) is 25.5 Å². The second-order valence-electron chi connectivity index (χ2n) is 6.62. The van der Waals surface area contributed by atoms with Crippen LogP contribution in [0.4, 0.5) is 10.5 Å². The molecule has 6 nitrogen and oxygen atoms in total. The van der Waals surface area contributed by atoms with E-state index in [1.807, 2.05) is 30.3 Å². The van der Waals surface area contributed by atoms with Gasteiger partial charge in [0.15, 0.2) is 0 Å². The summed E-state index contributed by atoms with van der Waals surface area (Å²) < 4.78 is 10.7. The highest BCUT2D eigenvalue weighted by Gasteiger charge is 2.28. The summed E-state index contributed by atoms with van der Waals surface area (Å²) in [6.45, 7) is 1.13. The van der Waals surface area contributed by atoms with Crippen LogP contribution in [-0.2, 0) is 16.1 Å². The SMILES string of the molecule is COc1ccc(Cl)cc1COC(=O)C1CCN(C(=O)Nc2ccccc2)CC1. The number of anilines is 1. The number of nitrogens with zero attached hydrogens (tertiary/aromatic N) is 1. The molecule has 2 amide bonds. The minimum absolute atomic E-state index is 0.108. The summed E-state index contributed by atoms with van der Waals surface area (Å²) in [6.07, 6.45) is 1.15. The third-order valence-electron chi connectivity index (χ3n) is 4.75. The number of nitrogens with one attached hydrogen (secondary N) is 1. The number of rotatable bonds is 5. The van der Waals surface area contributed by atoms with Gasteiger partial charge < -0.3 is 19.7 Å². The van der Waals surface area contributed by atoms with Gasteiger partial charge in [0, 0.05) is 29.4 Å². The third-order valence-corrected chi connectivity index (χ3v) is 4.99. The second kappa shape index (κ2) is 9.46. The molecular weight excluding hydrogens is 380 g/mol. The summed E-state index contributed by atoms with van der Waals surface area (Å²) >= 11 is 6.00. The van der Waals surface area contributed by atoms with Gasteiger partial charge in [-0.25, -0.2) is 4.79 Å². The minimum Gasteiger partial charge on any atom is -0.496 e. The van der Waals surface area contributed by atoms with E-state index < -0.39 is 0 Å². The van der Waals surface area contributed by atoms with Crippen LogP contribution in [0.2, 0.25) is 5.02 Å². The molecule has 1 saturated heterocycles. The summed E-state index contributed by atoms with van der Waals surface area (Å²) in [7, 11) is 1.56. The van der Waals surface area contributed by atoms with Crippen molar-refractivity contribution in [2.45, 2.75) is 19.4 Å². The Morgan fingerprint density at radius 2 is 1.86 bits per heavy atom. The Hall–Kier alpha value is -2.73. The summed E-state index contributed by atoms with van der Waals surface area (Å²) in [6, 6.07) is 14.4.